The minimum Gasteiger partial charge on any atom is -0.497 e. The van der Waals surface area contributed by atoms with E-state index in [9.17, 15) is 5.26 Å². The van der Waals surface area contributed by atoms with Crippen LogP contribution in [0, 0.1) is 15.8 Å². The van der Waals surface area contributed by atoms with Gasteiger partial charge in [0, 0.05) is 22.2 Å². The number of nitrogens with zero attached hydrogens (tertiary/aromatic N) is 1. The van der Waals surface area contributed by atoms with Gasteiger partial charge in [-0.25, -0.2) is 0 Å². The second-order valence-corrected chi connectivity index (χ2v) is 7.71. The highest BCUT2D eigenvalue weighted by molar-refractivity contribution is 14.1. The number of rotatable bonds is 6. The van der Waals surface area contributed by atoms with E-state index in [1.165, 1.54) is 0 Å². The number of nitriles is 1. The van der Waals surface area contributed by atoms with Crippen LogP contribution in [-0.2, 0) is 0 Å². The van der Waals surface area contributed by atoms with E-state index in [-0.39, 0.29) is 0 Å². The predicted molar refractivity (Wildman–Crippen MR) is 135 cm³/mol. The molecule has 0 bridgehead atoms. The van der Waals surface area contributed by atoms with Gasteiger partial charge >= 0.3 is 0 Å². The third-order valence-electron chi connectivity index (χ3n) is 4.87. The van der Waals surface area contributed by atoms with Crippen molar-refractivity contribution in [2.75, 3.05) is 17.0 Å². The number of H-pyrrole nitrogens is 1. The lowest BCUT2D eigenvalue weighted by Crippen LogP contribution is -2.00. The number of pyridine rings is 1. The van der Waals surface area contributed by atoms with Gasteiger partial charge in [0.2, 0.25) is 0 Å². The summed E-state index contributed by atoms with van der Waals surface area (Å²) in [6, 6.07) is 23.6. The minimum absolute atomic E-state index is 0.393. The maximum absolute atomic E-state index is 9.77. The lowest BCUT2D eigenvalue weighted by molar-refractivity contribution is 0.406. The number of hydrogen-bond donors (Lipinski definition) is 2. The number of alkyl halides is 1. The monoisotopic (exact) mass is 539 g/mol. The first kappa shape index (κ1) is 21.2. The van der Waals surface area contributed by atoms with Crippen molar-refractivity contribution in [2.45, 2.75) is 0 Å². The van der Waals surface area contributed by atoms with E-state index >= 15 is 0 Å². The van der Waals surface area contributed by atoms with Crippen molar-refractivity contribution < 1.29 is 9.47 Å². The molecular formula is C24H18IN3O2S. The van der Waals surface area contributed by atoms with Crippen molar-refractivity contribution in [3.05, 3.63) is 76.8 Å². The molecule has 0 aliphatic heterocycles. The van der Waals surface area contributed by atoms with Gasteiger partial charge in [0.05, 0.1) is 11.6 Å². The number of halogens is 1. The zero-order chi connectivity index (χ0) is 21.8. The number of hydrogen-bond acceptors (Lipinski definition) is 5. The van der Waals surface area contributed by atoms with Crippen LogP contribution in [0.1, 0.15) is 5.56 Å². The average Bonchev–Trinajstić information content (AvgIpc) is 2.80. The topological polar surface area (TPSA) is 70.1 Å². The molecule has 0 aliphatic carbocycles. The first-order valence-corrected chi connectivity index (χ1v) is 11.4. The van der Waals surface area contributed by atoms with Crippen LogP contribution in [0.5, 0.6) is 11.5 Å². The Morgan fingerprint density at radius 2 is 1.84 bits per heavy atom. The van der Waals surface area contributed by atoms with Gasteiger partial charge in [-0.1, -0.05) is 42.5 Å². The van der Waals surface area contributed by atoms with Gasteiger partial charge in [-0.15, -0.1) is 0 Å². The SMILES string of the molecule is COc1ccc(-c2cc3[nH]c(Nc4ccccc4)c(C#N)c(=S)c3cc2OCI)cc1. The Morgan fingerprint density at radius 1 is 1.10 bits per heavy atom. The average molecular weight is 539 g/mol. The van der Waals surface area contributed by atoms with E-state index in [1.54, 1.807) is 7.11 Å². The van der Waals surface area contributed by atoms with Crippen LogP contribution in [0.3, 0.4) is 0 Å². The van der Waals surface area contributed by atoms with Crippen molar-refractivity contribution in [1.82, 2.24) is 4.98 Å². The van der Waals surface area contributed by atoms with Gasteiger partial charge in [0.1, 0.15) is 33.6 Å². The Bertz CT molecular complexity index is 1330. The molecule has 2 N–H and O–H groups in total. The molecule has 0 amide bonds. The molecule has 0 radical (unpaired) electrons. The van der Waals surface area contributed by atoms with Crippen LogP contribution in [0.2, 0.25) is 0 Å². The Morgan fingerprint density at radius 3 is 2.48 bits per heavy atom. The molecule has 1 heterocycles. The van der Waals surface area contributed by atoms with Crippen LogP contribution in [0.15, 0.2) is 66.7 Å². The quantitative estimate of drug-likeness (QED) is 0.158. The van der Waals surface area contributed by atoms with E-state index < -0.39 is 0 Å². The summed E-state index contributed by atoms with van der Waals surface area (Å²) in [5.74, 6) is 2.06. The number of benzene rings is 3. The molecule has 0 spiro atoms. The van der Waals surface area contributed by atoms with Crippen LogP contribution < -0.4 is 14.8 Å². The number of aromatic nitrogens is 1. The van der Waals surface area contributed by atoms with Gasteiger partial charge in [0.25, 0.3) is 0 Å². The molecule has 4 aromatic rings. The highest BCUT2D eigenvalue weighted by atomic mass is 127. The zero-order valence-corrected chi connectivity index (χ0v) is 19.6. The largest absolute Gasteiger partial charge is 0.497 e. The molecule has 0 fully saturated rings. The fourth-order valence-corrected chi connectivity index (χ4v) is 4.01. The first-order valence-electron chi connectivity index (χ1n) is 9.44. The number of fused-ring (bicyclic) bond motifs is 1. The Labute approximate surface area is 198 Å². The molecule has 5 nitrogen and oxygen atoms in total. The van der Waals surface area contributed by atoms with Crippen molar-refractivity contribution in [3.8, 4) is 28.7 Å². The second kappa shape index (κ2) is 9.37. The van der Waals surface area contributed by atoms with Gasteiger partial charge < -0.3 is 19.8 Å². The van der Waals surface area contributed by atoms with Gasteiger partial charge in [-0.05, 0) is 64.6 Å². The number of anilines is 2. The molecule has 1 aromatic heterocycles. The van der Waals surface area contributed by atoms with Crippen molar-refractivity contribution in [2.24, 2.45) is 0 Å². The molecular weight excluding hydrogens is 521 g/mol. The normalized spacial score (nSPS) is 10.5. The molecule has 0 unspecified atom stereocenters. The molecule has 154 valence electrons. The fraction of sp³-hybridized carbons (Fsp3) is 0.0833. The Balaban J connectivity index is 1.91. The molecule has 7 heteroatoms. The van der Waals surface area contributed by atoms with E-state index in [0.29, 0.717) is 26.3 Å². The highest BCUT2D eigenvalue weighted by Gasteiger charge is 2.15. The zero-order valence-electron chi connectivity index (χ0n) is 16.6. The van der Waals surface area contributed by atoms with Crippen LogP contribution in [0.4, 0.5) is 11.5 Å². The lowest BCUT2D eigenvalue weighted by atomic mass is 10.0. The summed E-state index contributed by atoms with van der Waals surface area (Å²) in [5.41, 5.74) is 3.99. The summed E-state index contributed by atoms with van der Waals surface area (Å²) in [4.78, 5) is 3.36. The summed E-state index contributed by atoms with van der Waals surface area (Å²) in [7, 11) is 1.64. The molecule has 0 atom stereocenters. The van der Waals surface area contributed by atoms with Gasteiger partial charge in [-0.3, -0.25) is 0 Å². The Kier molecular flexibility index (Phi) is 6.39. The van der Waals surface area contributed by atoms with Crippen molar-refractivity contribution in [3.63, 3.8) is 0 Å². The maximum atomic E-state index is 9.77. The molecule has 31 heavy (non-hydrogen) atoms. The van der Waals surface area contributed by atoms with E-state index in [0.717, 1.165) is 33.5 Å². The first-order chi connectivity index (χ1) is 15.1. The standard InChI is InChI=1S/C24H18IN3O2S/c1-29-17-9-7-15(8-10-17)18-11-21-19(12-22(18)30-14-25)23(31)20(13-26)24(28-21)27-16-5-3-2-4-6-16/h2-12H,14H2,1H3,(H2,27,28,31). The smallest absolute Gasteiger partial charge is 0.139 e. The van der Waals surface area contributed by atoms with Crippen molar-refractivity contribution >= 4 is 57.2 Å². The van der Waals surface area contributed by atoms with E-state index in [4.69, 9.17) is 21.7 Å². The third-order valence-corrected chi connectivity index (χ3v) is 5.60. The highest BCUT2D eigenvalue weighted by Crippen LogP contribution is 2.37. The van der Waals surface area contributed by atoms with Gasteiger partial charge in [0.15, 0.2) is 0 Å². The molecule has 0 saturated heterocycles. The number of methoxy groups -OCH3 is 1. The second-order valence-electron chi connectivity index (χ2n) is 6.68. The van der Waals surface area contributed by atoms with Crippen LogP contribution in [0.25, 0.3) is 22.0 Å². The lowest BCUT2D eigenvalue weighted by Gasteiger charge is -2.15. The number of nitrogens with one attached hydrogen (secondary N) is 2. The van der Waals surface area contributed by atoms with E-state index in [2.05, 4.69) is 39.0 Å². The Hall–Kier alpha value is -3.09. The summed E-state index contributed by atoms with van der Waals surface area (Å²) in [6.07, 6.45) is 0. The number of ether oxygens (including phenoxy) is 2. The van der Waals surface area contributed by atoms with Crippen LogP contribution >= 0.6 is 34.8 Å². The summed E-state index contributed by atoms with van der Waals surface area (Å²) < 4.78 is 12.2. The number of para-hydroxylation sites is 1. The maximum Gasteiger partial charge on any atom is 0.139 e. The fourth-order valence-electron chi connectivity index (χ4n) is 3.36. The molecule has 0 aliphatic rings. The summed E-state index contributed by atoms with van der Waals surface area (Å²) >= 11 is 7.84. The van der Waals surface area contributed by atoms with Gasteiger partial charge in [-0.2, -0.15) is 5.26 Å². The summed E-state index contributed by atoms with van der Waals surface area (Å²) in [5, 5.41) is 13.8. The van der Waals surface area contributed by atoms with Crippen molar-refractivity contribution in [1.29, 1.82) is 5.26 Å². The minimum atomic E-state index is 0.393. The molecule has 0 saturated carbocycles. The molecule has 3 aromatic carbocycles. The predicted octanol–water partition coefficient (Wildman–Crippen LogP) is 6.96. The molecule has 4 rings (SSSR count). The van der Waals surface area contributed by atoms with E-state index in [1.807, 2.05) is 66.7 Å². The third kappa shape index (κ3) is 4.36. The summed E-state index contributed by atoms with van der Waals surface area (Å²) in [6.45, 7) is 0. The number of aromatic amines is 1. The van der Waals surface area contributed by atoms with Crippen LogP contribution in [-0.4, -0.2) is 16.7 Å².